The predicted octanol–water partition coefficient (Wildman–Crippen LogP) is 1.44. The molecule has 1 fully saturated rings. The summed E-state index contributed by atoms with van der Waals surface area (Å²) in [6.07, 6.45) is 1.49. The lowest BCUT2D eigenvalue weighted by Gasteiger charge is -2.26. The average molecular weight is 495 g/mol. The highest BCUT2D eigenvalue weighted by Gasteiger charge is 2.27. The van der Waals surface area contributed by atoms with Crippen molar-refractivity contribution in [2.24, 2.45) is 0 Å². The van der Waals surface area contributed by atoms with Gasteiger partial charge < -0.3 is 9.72 Å². The number of H-pyrrole nitrogens is 1. The van der Waals surface area contributed by atoms with Crippen molar-refractivity contribution in [3.63, 3.8) is 0 Å². The molecule has 0 aliphatic carbocycles. The number of ether oxygens (including phenoxy) is 1. The van der Waals surface area contributed by atoms with Crippen LogP contribution in [0.5, 0.6) is 0 Å². The molecular weight excluding hydrogens is 472 g/mol. The lowest BCUT2D eigenvalue weighted by Crippen LogP contribution is -2.40. The van der Waals surface area contributed by atoms with Crippen LogP contribution in [-0.4, -0.2) is 64.7 Å². The van der Waals surface area contributed by atoms with Gasteiger partial charge in [-0.25, -0.2) is 18.1 Å². The van der Waals surface area contributed by atoms with E-state index >= 15 is 0 Å². The molecule has 1 aliphatic heterocycles. The summed E-state index contributed by atoms with van der Waals surface area (Å²) in [5.41, 5.74) is 0.882. The first-order chi connectivity index (χ1) is 16.9. The molecule has 0 spiro atoms. The normalized spacial score (nSPS) is 14.7. The van der Waals surface area contributed by atoms with Crippen LogP contribution in [0.3, 0.4) is 0 Å². The molecule has 0 radical (unpaired) electrons. The highest BCUT2D eigenvalue weighted by molar-refractivity contribution is 7.89. The van der Waals surface area contributed by atoms with Gasteiger partial charge in [-0.05, 0) is 23.8 Å². The molecule has 0 saturated carbocycles. The quantitative estimate of drug-likeness (QED) is 0.413. The van der Waals surface area contributed by atoms with Crippen LogP contribution >= 0.6 is 0 Å². The van der Waals surface area contributed by atoms with Crippen LogP contribution in [0, 0.1) is 0 Å². The number of pyridine rings is 1. The van der Waals surface area contributed by atoms with E-state index in [1.54, 1.807) is 4.68 Å². The van der Waals surface area contributed by atoms with Crippen LogP contribution in [0.4, 0.5) is 5.95 Å². The monoisotopic (exact) mass is 494 g/mol. The van der Waals surface area contributed by atoms with Gasteiger partial charge in [-0.2, -0.15) is 4.31 Å². The molecule has 0 atom stereocenters. The largest absolute Gasteiger partial charge is 0.379 e. The Labute approximate surface area is 200 Å². The second-order valence-corrected chi connectivity index (χ2v) is 9.91. The maximum absolute atomic E-state index is 13.1. The standard InChI is InChI=1S/C23H22N6O5S/c30-21-13-19(22(31)26-23-24-15-28(27-23)14-16-4-2-1-3-5-16)18-12-17(6-7-20(18)25-21)35(32,33)29-8-10-34-11-9-29/h1-7,12-13,15H,8-11,14H2,(H,25,30)(H,26,27,31). The minimum Gasteiger partial charge on any atom is -0.379 e. The van der Waals surface area contributed by atoms with Crippen LogP contribution in [0.1, 0.15) is 15.9 Å². The summed E-state index contributed by atoms with van der Waals surface area (Å²) < 4.78 is 34.4. The maximum atomic E-state index is 13.1. The molecule has 180 valence electrons. The van der Waals surface area contributed by atoms with Gasteiger partial charge in [0.25, 0.3) is 5.91 Å². The Hall–Kier alpha value is -3.87. The fraction of sp³-hybridized carbons (Fsp3) is 0.217. The SMILES string of the molecule is O=C(Nc1ncn(Cc2ccccc2)n1)c1cc(=O)[nH]c2ccc(S(=O)(=O)N3CCOCC3)cc12. The highest BCUT2D eigenvalue weighted by atomic mass is 32.2. The van der Waals surface area contributed by atoms with E-state index in [2.05, 4.69) is 20.4 Å². The molecule has 4 aromatic rings. The zero-order valence-electron chi connectivity index (χ0n) is 18.5. The highest BCUT2D eigenvalue weighted by Crippen LogP contribution is 2.24. The van der Waals surface area contributed by atoms with Crippen LogP contribution < -0.4 is 10.9 Å². The molecular formula is C23H22N6O5S. The van der Waals surface area contributed by atoms with E-state index in [0.29, 0.717) is 30.7 Å². The number of nitrogens with zero attached hydrogens (tertiary/aromatic N) is 4. The fourth-order valence-corrected chi connectivity index (χ4v) is 5.32. The van der Waals surface area contributed by atoms with Gasteiger partial charge in [0.1, 0.15) is 6.33 Å². The molecule has 2 aromatic carbocycles. The number of carbonyl (C=O) groups excluding carboxylic acids is 1. The summed E-state index contributed by atoms with van der Waals surface area (Å²) >= 11 is 0. The number of aromatic nitrogens is 4. The Kier molecular flexibility index (Phi) is 6.16. The third-order valence-electron chi connectivity index (χ3n) is 5.62. The van der Waals surface area contributed by atoms with E-state index in [4.69, 9.17) is 4.74 Å². The summed E-state index contributed by atoms with van der Waals surface area (Å²) in [5, 5.41) is 7.15. The van der Waals surface area contributed by atoms with Crippen LogP contribution in [0.15, 0.2) is 70.6 Å². The number of anilines is 1. The number of hydrogen-bond acceptors (Lipinski definition) is 7. The van der Waals surface area contributed by atoms with Gasteiger partial charge in [0.05, 0.1) is 30.2 Å². The van der Waals surface area contributed by atoms with Crippen molar-refractivity contribution in [1.29, 1.82) is 0 Å². The number of rotatable bonds is 6. The lowest BCUT2D eigenvalue weighted by atomic mass is 10.1. The van der Waals surface area contributed by atoms with Crippen LogP contribution in [0.2, 0.25) is 0 Å². The van der Waals surface area contributed by atoms with E-state index in [-0.39, 0.29) is 29.5 Å². The Balaban J connectivity index is 1.44. The molecule has 3 heterocycles. The minimum absolute atomic E-state index is 0.0159. The Morgan fingerprint density at radius 2 is 1.86 bits per heavy atom. The number of nitrogens with one attached hydrogen (secondary N) is 2. The Morgan fingerprint density at radius 1 is 1.09 bits per heavy atom. The number of benzene rings is 2. The van der Waals surface area contributed by atoms with Gasteiger partial charge >= 0.3 is 0 Å². The van der Waals surface area contributed by atoms with Crippen LogP contribution in [-0.2, 0) is 21.3 Å². The number of amides is 1. The van der Waals surface area contributed by atoms with Crippen molar-refractivity contribution in [3.8, 4) is 0 Å². The zero-order valence-corrected chi connectivity index (χ0v) is 19.4. The van der Waals surface area contributed by atoms with E-state index < -0.39 is 21.5 Å². The summed E-state index contributed by atoms with van der Waals surface area (Å²) in [7, 11) is -3.79. The lowest BCUT2D eigenvalue weighted by molar-refractivity contribution is 0.0730. The molecule has 1 saturated heterocycles. The molecule has 2 N–H and O–H groups in total. The van der Waals surface area contributed by atoms with Crippen molar-refractivity contribution >= 4 is 32.8 Å². The van der Waals surface area contributed by atoms with Gasteiger partial charge in [0, 0.05) is 30.1 Å². The summed E-state index contributed by atoms with van der Waals surface area (Å²) in [6.45, 7) is 1.60. The molecule has 2 aromatic heterocycles. The fourth-order valence-electron chi connectivity index (χ4n) is 3.88. The van der Waals surface area contributed by atoms with Crippen molar-refractivity contribution in [3.05, 3.63) is 82.4 Å². The summed E-state index contributed by atoms with van der Waals surface area (Å²) in [6, 6.07) is 15.1. The van der Waals surface area contributed by atoms with Gasteiger partial charge in [-0.15, -0.1) is 5.10 Å². The number of hydrogen-bond donors (Lipinski definition) is 2. The van der Waals surface area contributed by atoms with Crippen LogP contribution in [0.25, 0.3) is 10.9 Å². The first-order valence-corrected chi connectivity index (χ1v) is 12.3. The predicted molar refractivity (Wildman–Crippen MR) is 128 cm³/mol. The Morgan fingerprint density at radius 3 is 2.63 bits per heavy atom. The molecule has 12 heteroatoms. The number of sulfonamides is 1. The van der Waals surface area contributed by atoms with Crippen molar-refractivity contribution in [2.45, 2.75) is 11.4 Å². The number of carbonyl (C=O) groups is 1. The Bertz CT molecular complexity index is 1540. The molecule has 0 unspecified atom stereocenters. The number of aromatic amines is 1. The first-order valence-electron chi connectivity index (χ1n) is 10.9. The van der Waals surface area contributed by atoms with Gasteiger partial charge in [-0.3, -0.25) is 14.9 Å². The number of fused-ring (bicyclic) bond motifs is 1. The summed E-state index contributed by atoms with van der Waals surface area (Å²) in [4.78, 5) is 32.1. The van der Waals surface area contributed by atoms with E-state index in [1.807, 2.05) is 30.3 Å². The zero-order chi connectivity index (χ0) is 24.4. The molecule has 0 bridgehead atoms. The van der Waals surface area contributed by atoms with Crippen molar-refractivity contribution < 1.29 is 17.9 Å². The third kappa shape index (κ3) is 4.85. The average Bonchev–Trinajstić information content (AvgIpc) is 3.30. The van der Waals surface area contributed by atoms with E-state index in [1.165, 1.54) is 28.8 Å². The molecule has 35 heavy (non-hydrogen) atoms. The molecule has 1 aliphatic rings. The van der Waals surface area contributed by atoms with Crippen molar-refractivity contribution in [1.82, 2.24) is 24.1 Å². The van der Waals surface area contributed by atoms with Crippen molar-refractivity contribution in [2.75, 3.05) is 31.6 Å². The second-order valence-electron chi connectivity index (χ2n) is 7.98. The maximum Gasteiger partial charge on any atom is 0.258 e. The minimum atomic E-state index is -3.79. The molecule has 11 nitrogen and oxygen atoms in total. The van der Waals surface area contributed by atoms with Gasteiger partial charge in [-0.1, -0.05) is 30.3 Å². The molecule has 5 rings (SSSR count). The topological polar surface area (TPSA) is 139 Å². The van der Waals surface area contributed by atoms with E-state index in [0.717, 1.165) is 11.6 Å². The summed E-state index contributed by atoms with van der Waals surface area (Å²) in [5.74, 6) is -0.559. The molecule has 1 amide bonds. The van der Waals surface area contributed by atoms with Gasteiger partial charge in [0.15, 0.2) is 0 Å². The smallest absolute Gasteiger partial charge is 0.258 e. The van der Waals surface area contributed by atoms with Gasteiger partial charge in [0.2, 0.25) is 21.5 Å². The number of morpholine rings is 1. The third-order valence-corrected chi connectivity index (χ3v) is 7.51. The van der Waals surface area contributed by atoms with E-state index in [9.17, 15) is 18.0 Å². The first kappa shape index (κ1) is 22.9. The second kappa shape index (κ2) is 9.41.